The molecule has 0 saturated heterocycles. The summed E-state index contributed by atoms with van der Waals surface area (Å²) < 4.78 is 9.87. The zero-order valence-corrected chi connectivity index (χ0v) is 11.8. The van der Waals surface area contributed by atoms with Crippen LogP contribution >= 0.6 is 11.6 Å². The van der Waals surface area contributed by atoms with Crippen molar-refractivity contribution >= 4 is 23.7 Å². The van der Waals surface area contributed by atoms with E-state index in [1.54, 1.807) is 20.8 Å². The van der Waals surface area contributed by atoms with Gasteiger partial charge in [0.2, 0.25) is 0 Å². The Balaban J connectivity index is 2.50. The van der Waals surface area contributed by atoms with Gasteiger partial charge < -0.3 is 14.8 Å². The molecule has 0 aromatic heterocycles. The molecule has 0 heterocycles. The number of ether oxygens (including phenoxy) is 2. The monoisotopic (exact) mass is 277 g/mol. The molecule has 0 aromatic carbocycles. The van der Waals surface area contributed by atoms with E-state index in [1.165, 1.54) is 0 Å². The van der Waals surface area contributed by atoms with E-state index < -0.39 is 23.2 Å². The van der Waals surface area contributed by atoms with Crippen LogP contribution in [0.25, 0.3) is 0 Å². The lowest BCUT2D eigenvalue weighted by molar-refractivity contribution is -0.144. The zero-order valence-electron chi connectivity index (χ0n) is 11.0. The second-order valence-electron chi connectivity index (χ2n) is 5.56. The summed E-state index contributed by atoms with van der Waals surface area (Å²) >= 11 is 5.32. The first-order chi connectivity index (χ1) is 8.26. The number of carbonyl (C=O) groups is 2. The Morgan fingerprint density at radius 3 is 2.33 bits per heavy atom. The normalized spacial score (nSPS) is 17.6. The number of nitrogens with one attached hydrogen (secondary N) is 1. The van der Waals surface area contributed by atoms with Crippen LogP contribution in [0.15, 0.2) is 0 Å². The fourth-order valence-electron chi connectivity index (χ4n) is 1.86. The van der Waals surface area contributed by atoms with Gasteiger partial charge in [-0.3, -0.25) is 4.79 Å². The van der Waals surface area contributed by atoms with Crippen LogP contribution in [0.2, 0.25) is 0 Å². The molecule has 0 atom stereocenters. The van der Waals surface area contributed by atoms with Crippen LogP contribution in [-0.4, -0.2) is 29.3 Å². The number of carbonyl (C=O) groups excluding carboxylic acids is 2. The molecule has 0 spiro atoms. The molecular formula is C12H20ClNO4. The molecule has 1 rings (SSSR count). The average molecular weight is 278 g/mol. The van der Waals surface area contributed by atoms with E-state index in [0.717, 1.165) is 19.3 Å². The van der Waals surface area contributed by atoms with Gasteiger partial charge in [0.25, 0.3) is 0 Å². The van der Waals surface area contributed by atoms with Crippen LogP contribution in [0.3, 0.4) is 0 Å². The molecule has 104 valence electrons. The van der Waals surface area contributed by atoms with Gasteiger partial charge in [0, 0.05) is 0 Å². The summed E-state index contributed by atoms with van der Waals surface area (Å²) in [6, 6.07) is -0.165. The van der Waals surface area contributed by atoms with Crippen molar-refractivity contribution in [2.24, 2.45) is 0 Å². The Bertz CT molecular complexity index is 321. The van der Waals surface area contributed by atoms with Crippen molar-refractivity contribution in [3.05, 3.63) is 0 Å². The van der Waals surface area contributed by atoms with E-state index >= 15 is 0 Å². The molecule has 1 aliphatic rings. The zero-order chi connectivity index (χ0) is 13.8. The van der Waals surface area contributed by atoms with E-state index in [4.69, 9.17) is 21.1 Å². The van der Waals surface area contributed by atoms with Crippen LogP contribution in [0.5, 0.6) is 0 Å². The highest BCUT2D eigenvalue weighted by molar-refractivity contribution is 6.17. The van der Waals surface area contributed by atoms with Gasteiger partial charge in [-0.15, -0.1) is 0 Å². The Morgan fingerprint density at radius 1 is 1.33 bits per heavy atom. The van der Waals surface area contributed by atoms with Crippen molar-refractivity contribution in [3.63, 3.8) is 0 Å². The smallest absolute Gasteiger partial charge is 0.408 e. The van der Waals surface area contributed by atoms with Crippen molar-refractivity contribution in [2.45, 2.75) is 57.6 Å². The molecular weight excluding hydrogens is 258 g/mol. The van der Waals surface area contributed by atoms with Gasteiger partial charge in [-0.25, -0.2) is 4.79 Å². The molecule has 6 heteroatoms. The quantitative estimate of drug-likeness (QED) is 0.634. The van der Waals surface area contributed by atoms with E-state index in [-0.39, 0.29) is 12.5 Å². The maximum Gasteiger partial charge on any atom is 0.408 e. The number of amides is 1. The standard InChI is InChI=1S/C12H20ClNO4/c1-11(2,3)18-10(16)14-12(5-4-6-12)7-9(15)17-8-13/h4-8H2,1-3H3,(H,14,16). The lowest BCUT2D eigenvalue weighted by Gasteiger charge is -2.41. The fraction of sp³-hybridized carbons (Fsp3) is 0.833. The van der Waals surface area contributed by atoms with E-state index in [0.29, 0.717) is 0 Å². The predicted octanol–water partition coefficient (Wildman–Crippen LogP) is 2.56. The first kappa shape index (κ1) is 15.1. The number of rotatable bonds is 4. The summed E-state index contributed by atoms with van der Waals surface area (Å²) in [6.45, 7) is 5.38. The summed E-state index contributed by atoms with van der Waals surface area (Å²) in [6.07, 6.45) is 2.12. The van der Waals surface area contributed by atoms with E-state index in [1.807, 2.05) is 0 Å². The first-order valence-corrected chi connectivity index (χ1v) is 6.53. The van der Waals surface area contributed by atoms with Crippen LogP contribution < -0.4 is 5.32 Å². The minimum Gasteiger partial charge on any atom is -0.449 e. The number of esters is 1. The molecule has 5 nitrogen and oxygen atoms in total. The SMILES string of the molecule is CC(C)(C)OC(=O)NC1(CC(=O)OCCl)CCC1. The Kier molecular flexibility index (Phi) is 4.85. The predicted molar refractivity (Wildman–Crippen MR) is 67.4 cm³/mol. The number of hydrogen-bond donors (Lipinski definition) is 1. The third-order valence-electron chi connectivity index (χ3n) is 2.78. The van der Waals surface area contributed by atoms with Crippen LogP contribution in [0.4, 0.5) is 4.79 Å². The highest BCUT2D eigenvalue weighted by Crippen LogP contribution is 2.35. The third-order valence-corrected chi connectivity index (χ3v) is 2.88. The number of halogens is 1. The van der Waals surface area contributed by atoms with Crippen LogP contribution in [0, 0.1) is 0 Å². The lowest BCUT2D eigenvalue weighted by Crippen LogP contribution is -2.55. The Labute approximate surface area is 112 Å². The molecule has 1 amide bonds. The van der Waals surface area contributed by atoms with E-state index in [2.05, 4.69) is 5.32 Å². The summed E-state index contributed by atoms with van der Waals surface area (Å²) in [7, 11) is 0. The largest absolute Gasteiger partial charge is 0.449 e. The highest BCUT2D eigenvalue weighted by Gasteiger charge is 2.41. The van der Waals surface area contributed by atoms with Crippen molar-refractivity contribution in [1.82, 2.24) is 5.32 Å². The third kappa shape index (κ3) is 4.72. The number of alkyl carbamates (subject to hydrolysis) is 1. The van der Waals surface area contributed by atoms with Crippen molar-refractivity contribution in [1.29, 1.82) is 0 Å². The first-order valence-electron chi connectivity index (χ1n) is 5.99. The minimum atomic E-state index is -0.550. The summed E-state index contributed by atoms with van der Waals surface area (Å²) in [4.78, 5) is 23.1. The van der Waals surface area contributed by atoms with E-state index in [9.17, 15) is 9.59 Å². The van der Waals surface area contributed by atoms with Gasteiger partial charge in [0.15, 0.2) is 6.07 Å². The maximum atomic E-state index is 11.7. The highest BCUT2D eigenvalue weighted by atomic mass is 35.5. The maximum absolute atomic E-state index is 11.7. The minimum absolute atomic E-state index is 0.138. The van der Waals surface area contributed by atoms with Gasteiger partial charge in [-0.05, 0) is 40.0 Å². The number of alkyl halides is 1. The summed E-state index contributed by atoms with van der Waals surface area (Å²) in [5, 5.41) is 2.77. The molecule has 0 aliphatic heterocycles. The molecule has 1 N–H and O–H groups in total. The summed E-state index contributed by atoms with van der Waals surface area (Å²) in [5.74, 6) is -0.402. The van der Waals surface area contributed by atoms with Gasteiger partial charge in [-0.2, -0.15) is 0 Å². The molecule has 18 heavy (non-hydrogen) atoms. The van der Waals surface area contributed by atoms with Crippen molar-refractivity contribution in [3.8, 4) is 0 Å². The van der Waals surface area contributed by atoms with Gasteiger partial charge in [0.05, 0.1) is 12.0 Å². The lowest BCUT2D eigenvalue weighted by atomic mass is 9.74. The molecule has 1 fully saturated rings. The molecule has 1 saturated carbocycles. The second kappa shape index (κ2) is 5.78. The summed E-state index contributed by atoms with van der Waals surface area (Å²) in [5.41, 5.74) is -1.07. The van der Waals surface area contributed by atoms with Gasteiger partial charge in [-0.1, -0.05) is 11.6 Å². The van der Waals surface area contributed by atoms with Crippen molar-refractivity contribution in [2.75, 3.05) is 6.07 Å². The Morgan fingerprint density at radius 2 is 1.94 bits per heavy atom. The molecule has 0 aromatic rings. The van der Waals surface area contributed by atoms with Crippen LogP contribution in [0.1, 0.15) is 46.5 Å². The molecule has 0 bridgehead atoms. The second-order valence-corrected chi connectivity index (χ2v) is 5.78. The molecule has 1 aliphatic carbocycles. The van der Waals surface area contributed by atoms with Gasteiger partial charge >= 0.3 is 12.1 Å². The van der Waals surface area contributed by atoms with Crippen LogP contribution in [-0.2, 0) is 14.3 Å². The van der Waals surface area contributed by atoms with Gasteiger partial charge in [0.1, 0.15) is 5.60 Å². The topological polar surface area (TPSA) is 64.6 Å². The Hall–Kier alpha value is -0.970. The fourth-order valence-corrected chi connectivity index (χ4v) is 1.98. The average Bonchev–Trinajstić information content (AvgIpc) is 2.11. The molecule has 0 radical (unpaired) electrons. The number of hydrogen-bond acceptors (Lipinski definition) is 4. The molecule has 0 unspecified atom stereocenters. The van der Waals surface area contributed by atoms with Crippen molar-refractivity contribution < 1.29 is 19.1 Å².